The highest BCUT2D eigenvalue weighted by Crippen LogP contribution is 2.37. The maximum Gasteiger partial charge on any atom is 0.0552 e. The van der Waals surface area contributed by atoms with Gasteiger partial charge in [-0.25, -0.2) is 0 Å². The number of hydrogen-bond acceptors (Lipinski definition) is 2. The van der Waals surface area contributed by atoms with Crippen LogP contribution >= 0.6 is 11.6 Å². The first-order valence-corrected chi connectivity index (χ1v) is 6.04. The van der Waals surface area contributed by atoms with Gasteiger partial charge in [-0.3, -0.25) is 0 Å². The Bertz CT molecular complexity index is 363. The van der Waals surface area contributed by atoms with E-state index in [0.29, 0.717) is 0 Å². The van der Waals surface area contributed by atoms with Crippen LogP contribution in [0.25, 0.3) is 0 Å². The predicted molar refractivity (Wildman–Crippen MR) is 67.1 cm³/mol. The minimum Gasteiger partial charge on any atom is -0.382 e. The Kier molecular flexibility index (Phi) is 3.53. The maximum atomic E-state index is 6.28. The van der Waals surface area contributed by atoms with Crippen LogP contribution in [-0.4, -0.2) is 26.3 Å². The number of rotatable bonds is 4. The van der Waals surface area contributed by atoms with Crippen LogP contribution < -0.4 is 5.32 Å². The first-order chi connectivity index (χ1) is 7.68. The third-order valence-corrected chi connectivity index (χ3v) is 3.78. The van der Waals surface area contributed by atoms with Crippen LogP contribution in [0.2, 0.25) is 5.02 Å². The van der Waals surface area contributed by atoms with E-state index in [1.54, 1.807) is 7.11 Å². The second kappa shape index (κ2) is 4.74. The molecule has 0 radical (unpaired) electrons. The van der Waals surface area contributed by atoms with Crippen LogP contribution in [0.5, 0.6) is 0 Å². The van der Waals surface area contributed by atoms with Gasteiger partial charge in [0.2, 0.25) is 0 Å². The highest BCUT2D eigenvalue weighted by Gasteiger charge is 2.40. The van der Waals surface area contributed by atoms with Crippen molar-refractivity contribution in [1.82, 2.24) is 5.32 Å². The molecule has 1 atom stereocenters. The second-order valence-corrected chi connectivity index (χ2v) is 5.02. The zero-order chi connectivity index (χ0) is 11.6. The lowest BCUT2D eigenvalue weighted by molar-refractivity contribution is 0.0718. The average Bonchev–Trinajstić information content (AvgIpc) is 2.24. The first kappa shape index (κ1) is 11.9. The lowest BCUT2D eigenvalue weighted by Crippen LogP contribution is -2.58. The van der Waals surface area contributed by atoms with E-state index in [1.165, 1.54) is 5.56 Å². The molecule has 2 rings (SSSR count). The SMILES string of the molecule is COC(C)CC1(c2ccccc2Cl)CNC1. The molecule has 1 saturated heterocycles. The van der Waals surface area contributed by atoms with Crippen molar-refractivity contribution in [2.75, 3.05) is 20.2 Å². The molecule has 0 amide bonds. The molecule has 0 aromatic heterocycles. The second-order valence-electron chi connectivity index (χ2n) is 4.61. The van der Waals surface area contributed by atoms with Gasteiger partial charge < -0.3 is 10.1 Å². The molecule has 1 heterocycles. The summed E-state index contributed by atoms with van der Waals surface area (Å²) in [5.41, 5.74) is 1.41. The van der Waals surface area contributed by atoms with Crippen molar-refractivity contribution in [3.63, 3.8) is 0 Å². The molecule has 1 aliphatic heterocycles. The van der Waals surface area contributed by atoms with Gasteiger partial charge in [0.1, 0.15) is 0 Å². The summed E-state index contributed by atoms with van der Waals surface area (Å²) in [6, 6.07) is 8.13. The number of hydrogen-bond donors (Lipinski definition) is 1. The third-order valence-electron chi connectivity index (χ3n) is 3.45. The van der Waals surface area contributed by atoms with Crippen molar-refractivity contribution in [3.05, 3.63) is 34.9 Å². The van der Waals surface area contributed by atoms with E-state index < -0.39 is 0 Å². The highest BCUT2D eigenvalue weighted by molar-refractivity contribution is 6.31. The predicted octanol–water partition coefficient (Wildman–Crippen LogP) is 2.61. The van der Waals surface area contributed by atoms with Crippen LogP contribution in [0, 0.1) is 0 Å². The van der Waals surface area contributed by atoms with Gasteiger partial charge in [0.15, 0.2) is 0 Å². The molecule has 1 N–H and O–H groups in total. The molecular formula is C13H18ClNO. The summed E-state index contributed by atoms with van der Waals surface area (Å²) in [4.78, 5) is 0. The van der Waals surface area contributed by atoms with E-state index in [1.807, 2.05) is 12.1 Å². The van der Waals surface area contributed by atoms with E-state index in [4.69, 9.17) is 16.3 Å². The Labute approximate surface area is 102 Å². The normalized spacial score (nSPS) is 20.2. The summed E-state index contributed by atoms with van der Waals surface area (Å²) >= 11 is 6.28. The van der Waals surface area contributed by atoms with Gasteiger partial charge >= 0.3 is 0 Å². The van der Waals surface area contributed by atoms with E-state index in [9.17, 15) is 0 Å². The van der Waals surface area contributed by atoms with Crippen LogP contribution in [0.4, 0.5) is 0 Å². The number of ether oxygens (including phenoxy) is 1. The number of halogens is 1. The molecule has 88 valence electrons. The number of methoxy groups -OCH3 is 1. The zero-order valence-electron chi connectivity index (χ0n) is 9.79. The first-order valence-electron chi connectivity index (χ1n) is 5.66. The maximum absolute atomic E-state index is 6.28. The molecule has 1 unspecified atom stereocenters. The van der Waals surface area contributed by atoms with Gasteiger partial charge in [0, 0.05) is 30.6 Å². The van der Waals surface area contributed by atoms with Gasteiger partial charge in [-0.1, -0.05) is 29.8 Å². The van der Waals surface area contributed by atoms with Crippen LogP contribution in [0.1, 0.15) is 18.9 Å². The van der Waals surface area contributed by atoms with Crippen molar-refractivity contribution in [3.8, 4) is 0 Å². The summed E-state index contributed by atoms with van der Waals surface area (Å²) in [7, 11) is 1.76. The van der Waals surface area contributed by atoms with Crippen molar-refractivity contribution in [2.45, 2.75) is 24.9 Å². The van der Waals surface area contributed by atoms with E-state index in [2.05, 4.69) is 24.4 Å². The molecule has 0 spiro atoms. The molecule has 0 aliphatic carbocycles. The minimum atomic E-state index is 0.160. The van der Waals surface area contributed by atoms with Gasteiger partial charge in [0.05, 0.1) is 6.10 Å². The quantitative estimate of drug-likeness (QED) is 0.872. The lowest BCUT2D eigenvalue weighted by Gasteiger charge is -2.45. The molecule has 3 heteroatoms. The summed E-state index contributed by atoms with van der Waals surface area (Å²) in [6.07, 6.45) is 1.28. The van der Waals surface area contributed by atoms with E-state index >= 15 is 0 Å². The van der Waals surface area contributed by atoms with Gasteiger partial charge in [-0.2, -0.15) is 0 Å². The molecule has 1 aromatic rings. The Hall–Kier alpha value is -0.570. The fraction of sp³-hybridized carbons (Fsp3) is 0.538. The van der Waals surface area contributed by atoms with Crippen LogP contribution in [0.3, 0.4) is 0 Å². The van der Waals surface area contributed by atoms with Gasteiger partial charge in [-0.15, -0.1) is 0 Å². The fourth-order valence-electron chi connectivity index (χ4n) is 2.40. The highest BCUT2D eigenvalue weighted by atomic mass is 35.5. The molecule has 0 saturated carbocycles. The van der Waals surface area contributed by atoms with E-state index in [-0.39, 0.29) is 11.5 Å². The Balaban J connectivity index is 2.25. The van der Waals surface area contributed by atoms with Crippen molar-refractivity contribution in [1.29, 1.82) is 0 Å². The van der Waals surface area contributed by atoms with E-state index in [0.717, 1.165) is 24.5 Å². The fourth-order valence-corrected chi connectivity index (χ4v) is 2.73. The van der Waals surface area contributed by atoms with Crippen molar-refractivity contribution >= 4 is 11.6 Å². The number of benzene rings is 1. The zero-order valence-corrected chi connectivity index (χ0v) is 10.6. The summed E-state index contributed by atoms with van der Waals surface area (Å²) in [6.45, 7) is 4.09. The summed E-state index contributed by atoms with van der Waals surface area (Å²) < 4.78 is 5.37. The topological polar surface area (TPSA) is 21.3 Å². The Morgan fingerprint density at radius 2 is 2.12 bits per heavy atom. The van der Waals surface area contributed by atoms with Gasteiger partial charge in [-0.05, 0) is 25.0 Å². The smallest absolute Gasteiger partial charge is 0.0552 e. The molecule has 1 fully saturated rings. The minimum absolute atomic E-state index is 0.160. The largest absolute Gasteiger partial charge is 0.382 e. The van der Waals surface area contributed by atoms with Gasteiger partial charge in [0.25, 0.3) is 0 Å². The third kappa shape index (κ3) is 2.10. The van der Waals surface area contributed by atoms with Crippen molar-refractivity contribution < 1.29 is 4.74 Å². The standard InChI is InChI=1S/C13H18ClNO/c1-10(16-2)7-13(8-15-9-13)11-5-3-4-6-12(11)14/h3-6,10,15H,7-9H2,1-2H3. The molecule has 0 bridgehead atoms. The monoisotopic (exact) mass is 239 g/mol. The van der Waals surface area contributed by atoms with Crippen LogP contribution in [-0.2, 0) is 10.2 Å². The van der Waals surface area contributed by atoms with Crippen molar-refractivity contribution in [2.24, 2.45) is 0 Å². The lowest BCUT2D eigenvalue weighted by atomic mass is 9.71. The molecule has 1 aromatic carbocycles. The molecule has 16 heavy (non-hydrogen) atoms. The Morgan fingerprint density at radius 1 is 1.44 bits per heavy atom. The molecular weight excluding hydrogens is 222 g/mol. The van der Waals surface area contributed by atoms with Crippen LogP contribution in [0.15, 0.2) is 24.3 Å². The average molecular weight is 240 g/mol. The summed E-state index contributed by atoms with van der Waals surface area (Å²) in [5.74, 6) is 0. The molecule has 2 nitrogen and oxygen atoms in total. The Morgan fingerprint density at radius 3 is 2.62 bits per heavy atom. The number of nitrogens with one attached hydrogen (secondary N) is 1. The summed E-state index contributed by atoms with van der Waals surface area (Å²) in [5, 5.41) is 4.21. The molecule has 1 aliphatic rings.